The fourth-order valence-corrected chi connectivity index (χ4v) is 2.73. The molecule has 1 atom stereocenters. The molecule has 1 aromatic carbocycles. The van der Waals surface area contributed by atoms with Crippen LogP contribution >= 0.6 is 22.9 Å². The Balaban J connectivity index is 1.99. The second-order valence-corrected chi connectivity index (χ2v) is 5.77. The van der Waals surface area contributed by atoms with E-state index >= 15 is 0 Å². The Hall–Kier alpha value is -0.970. The van der Waals surface area contributed by atoms with Gasteiger partial charge >= 0.3 is 0 Å². The van der Waals surface area contributed by atoms with Crippen LogP contribution in [0.3, 0.4) is 0 Å². The van der Waals surface area contributed by atoms with Crippen LogP contribution in [0.25, 0.3) is 0 Å². The average molecular weight is 288 g/mol. The molecule has 1 nitrogen and oxygen atoms in total. The van der Waals surface area contributed by atoms with Gasteiger partial charge in [-0.15, -0.1) is 11.3 Å². The van der Waals surface area contributed by atoms with Crippen LogP contribution in [0.1, 0.15) is 23.4 Å². The lowest BCUT2D eigenvalue weighted by molar-refractivity contribution is 0.558. The van der Waals surface area contributed by atoms with Crippen LogP contribution in [0.2, 0.25) is 4.34 Å². The highest BCUT2D eigenvalue weighted by Crippen LogP contribution is 2.26. The van der Waals surface area contributed by atoms with Crippen LogP contribution in [0.15, 0.2) is 30.3 Å². The van der Waals surface area contributed by atoms with Crippen LogP contribution < -0.4 is 5.32 Å². The summed E-state index contributed by atoms with van der Waals surface area (Å²) in [6.45, 7) is 2.39. The lowest BCUT2D eigenvalue weighted by Gasteiger charge is -2.12. The Bertz CT molecular complexity index is 521. The number of rotatable bonds is 4. The molecule has 2 aromatic rings. The van der Waals surface area contributed by atoms with E-state index in [4.69, 9.17) is 11.6 Å². The lowest BCUT2D eigenvalue weighted by atomic mass is 10.2. The minimum Gasteiger partial charge on any atom is -0.305 e. The fourth-order valence-electron chi connectivity index (χ4n) is 1.65. The van der Waals surface area contributed by atoms with Crippen LogP contribution in [0.4, 0.5) is 8.78 Å². The van der Waals surface area contributed by atoms with E-state index in [9.17, 15) is 8.78 Å². The maximum absolute atomic E-state index is 13.0. The van der Waals surface area contributed by atoms with Crippen molar-refractivity contribution >= 4 is 22.9 Å². The number of hydrogen-bond acceptors (Lipinski definition) is 2. The molecule has 18 heavy (non-hydrogen) atoms. The first-order valence-corrected chi connectivity index (χ1v) is 6.67. The zero-order valence-electron chi connectivity index (χ0n) is 9.71. The number of nitrogens with one attached hydrogen (secondary N) is 1. The smallest absolute Gasteiger partial charge is 0.126 e. The molecule has 0 spiro atoms. The van der Waals surface area contributed by atoms with Gasteiger partial charge in [-0.25, -0.2) is 8.78 Å². The monoisotopic (exact) mass is 287 g/mol. The van der Waals surface area contributed by atoms with Gasteiger partial charge in [0.25, 0.3) is 0 Å². The summed E-state index contributed by atoms with van der Waals surface area (Å²) >= 11 is 7.35. The minimum absolute atomic E-state index is 0.0915. The molecule has 0 aliphatic carbocycles. The van der Waals surface area contributed by atoms with Gasteiger partial charge in [0.2, 0.25) is 0 Å². The summed E-state index contributed by atoms with van der Waals surface area (Å²) in [5.41, 5.74) is 0.585. The normalized spacial score (nSPS) is 12.7. The van der Waals surface area contributed by atoms with Crippen LogP contribution in [-0.2, 0) is 6.54 Å². The summed E-state index contributed by atoms with van der Waals surface area (Å²) in [7, 11) is 0. The van der Waals surface area contributed by atoms with Gasteiger partial charge in [-0.1, -0.05) is 11.6 Å². The lowest BCUT2D eigenvalue weighted by Crippen LogP contribution is -2.17. The zero-order valence-corrected chi connectivity index (χ0v) is 11.3. The third-order valence-electron chi connectivity index (χ3n) is 2.56. The van der Waals surface area contributed by atoms with E-state index in [1.807, 2.05) is 19.1 Å². The van der Waals surface area contributed by atoms with E-state index in [2.05, 4.69) is 5.32 Å². The molecule has 0 aliphatic rings. The third kappa shape index (κ3) is 3.51. The largest absolute Gasteiger partial charge is 0.305 e. The Morgan fingerprint density at radius 1 is 1.22 bits per heavy atom. The first-order chi connectivity index (χ1) is 8.54. The van der Waals surface area contributed by atoms with Gasteiger partial charge in [-0.2, -0.15) is 0 Å². The van der Waals surface area contributed by atoms with Crippen molar-refractivity contribution in [2.24, 2.45) is 0 Å². The quantitative estimate of drug-likeness (QED) is 0.871. The fraction of sp³-hybridized carbons (Fsp3) is 0.231. The Kier molecular flexibility index (Phi) is 4.32. The highest BCUT2D eigenvalue weighted by Gasteiger charge is 2.08. The zero-order chi connectivity index (χ0) is 13.1. The van der Waals surface area contributed by atoms with Crippen molar-refractivity contribution in [3.05, 3.63) is 56.7 Å². The second-order valence-electron chi connectivity index (χ2n) is 4.02. The van der Waals surface area contributed by atoms with Crippen LogP contribution in [0.5, 0.6) is 0 Å². The molecule has 0 amide bonds. The van der Waals surface area contributed by atoms with Gasteiger partial charge in [0, 0.05) is 23.5 Å². The maximum Gasteiger partial charge on any atom is 0.126 e. The molecule has 0 saturated heterocycles. The Morgan fingerprint density at radius 3 is 2.44 bits per heavy atom. The third-order valence-corrected chi connectivity index (χ3v) is 3.97. The molecule has 0 aliphatic heterocycles. The van der Waals surface area contributed by atoms with E-state index in [1.54, 1.807) is 0 Å². The molecule has 96 valence electrons. The van der Waals surface area contributed by atoms with E-state index in [1.165, 1.54) is 23.5 Å². The van der Waals surface area contributed by atoms with Crippen molar-refractivity contribution in [2.45, 2.75) is 19.5 Å². The summed E-state index contributed by atoms with van der Waals surface area (Å²) in [5, 5.41) is 3.20. The maximum atomic E-state index is 13.0. The van der Waals surface area contributed by atoms with Gasteiger partial charge < -0.3 is 5.32 Å². The molecule has 1 unspecified atom stereocenters. The van der Waals surface area contributed by atoms with E-state index in [-0.39, 0.29) is 6.04 Å². The topological polar surface area (TPSA) is 12.0 Å². The summed E-state index contributed by atoms with van der Waals surface area (Å²) < 4.78 is 26.7. The standard InChI is InChI=1S/C13H12ClF2NS/c1-8(12-2-3-13(14)18-12)17-7-9-4-10(15)6-11(16)5-9/h2-6,8,17H,7H2,1H3. The Morgan fingerprint density at radius 2 is 1.89 bits per heavy atom. The molecule has 0 saturated carbocycles. The molecule has 0 radical (unpaired) electrons. The summed E-state index contributed by atoms with van der Waals surface area (Å²) in [5.74, 6) is -1.11. The van der Waals surface area contributed by atoms with Crippen molar-refractivity contribution in [3.63, 3.8) is 0 Å². The number of thiophene rings is 1. The molecular formula is C13H12ClF2NS. The first-order valence-electron chi connectivity index (χ1n) is 5.48. The van der Waals surface area contributed by atoms with Gasteiger partial charge in [-0.3, -0.25) is 0 Å². The van der Waals surface area contributed by atoms with E-state index in [0.29, 0.717) is 12.1 Å². The number of hydrogen-bond donors (Lipinski definition) is 1. The number of benzene rings is 1. The van der Waals surface area contributed by atoms with Crippen LogP contribution in [-0.4, -0.2) is 0 Å². The van der Waals surface area contributed by atoms with Crippen molar-refractivity contribution in [1.29, 1.82) is 0 Å². The Labute approximate surface area is 113 Å². The number of halogens is 3. The minimum atomic E-state index is -0.557. The molecule has 1 heterocycles. The molecular weight excluding hydrogens is 276 g/mol. The highest BCUT2D eigenvalue weighted by molar-refractivity contribution is 7.16. The SMILES string of the molecule is CC(NCc1cc(F)cc(F)c1)c1ccc(Cl)s1. The van der Waals surface area contributed by atoms with E-state index in [0.717, 1.165) is 15.3 Å². The van der Waals surface area contributed by atoms with Crippen molar-refractivity contribution in [2.75, 3.05) is 0 Å². The molecule has 2 rings (SSSR count). The second kappa shape index (κ2) is 5.78. The van der Waals surface area contributed by atoms with Crippen molar-refractivity contribution in [3.8, 4) is 0 Å². The van der Waals surface area contributed by atoms with Gasteiger partial charge in [-0.05, 0) is 36.8 Å². The highest BCUT2D eigenvalue weighted by atomic mass is 35.5. The van der Waals surface area contributed by atoms with Gasteiger partial charge in [0.1, 0.15) is 11.6 Å². The molecule has 0 fully saturated rings. The molecule has 1 N–H and O–H groups in total. The predicted octanol–water partition coefficient (Wildman–Crippen LogP) is 4.53. The predicted molar refractivity (Wildman–Crippen MR) is 70.9 cm³/mol. The average Bonchev–Trinajstić information content (AvgIpc) is 2.71. The van der Waals surface area contributed by atoms with E-state index < -0.39 is 11.6 Å². The molecule has 1 aromatic heterocycles. The molecule has 0 bridgehead atoms. The van der Waals surface area contributed by atoms with Crippen molar-refractivity contribution < 1.29 is 8.78 Å². The van der Waals surface area contributed by atoms with Gasteiger partial charge in [0.15, 0.2) is 0 Å². The summed E-state index contributed by atoms with van der Waals surface area (Å²) in [6.07, 6.45) is 0. The van der Waals surface area contributed by atoms with Crippen LogP contribution in [0, 0.1) is 11.6 Å². The molecule has 5 heteroatoms. The van der Waals surface area contributed by atoms with Crippen molar-refractivity contribution in [1.82, 2.24) is 5.32 Å². The first kappa shape index (κ1) is 13.5. The summed E-state index contributed by atoms with van der Waals surface area (Å²) in [6, 6.07) is 7.38. The van der Waals surface area contributed by atoms with Gasteiger partial charge in [0.05, 0.1) is 4.34 Å². The summed E-state index contributed by atoms with van der Waals surface area (Å²) in [4.78, 5) is 1.09.